The zero-order chi connectivity index (χ0) is 7.65. The first-order valence-corrected chi connectivity index (χ1v) is 2.49. The molecular formula is C3H14N6. The molecule has 0 aliphatic carbocycles. The summed E-state index contributed by atoms with van der Waals surface area (Å²) in [5.41, 5.74) is 29.7. The third-order valence-corrected chi connectivity index (χ3v) is 1.15. The second kappa shape index (κ2) is 2.56. The van der Waals surface area contributed by atoms with E-state index in [9.17, 15) is 0 Å². The Balaban J connectivity index is 4.01. The molecular weight excluding hydrogens is 120 g/mol. The molecule has 0 rings (SSSR count). The van der Waals surface area contributed by atoms with E-state index < -0.39 is 18.0 Å². The first-order chi connectivity index (χ1) is 3.89. The van der Waals surface area contributed by atoms with Gasteiger partial charge in [0.25, 0.3) is 0 Å². The normalized spacial score (nSPS) is 13.3. The van der Waals surface area contributed by atoms with Gasteiger partial charge in [-0.25, -0.2) is 0 Å². The third kappa shape index (κ3) is 1.86. The summed E-state index contributed by atoms with van der Waals surface area (Å²) in [7, 11) is 0. The molecule has 0 aromatic heterocycles. The topological polar surface area (TPSA) is 156 Å². The fraction of sp³-hybridized carbons (Fsp3) is 1.00. The van der Waals surface area contributed by atoms with Crippen LogP contribution in [0.5, 0.6) is 0 Å². The van der Waals surface area contributed by atoms with Crippen molar-refractivity contribution in [3.05, 3.63) is 0 Å². The summed E-state index contributed by atoms with van der Waals surface area (Å²) in [5.74, 6) is 0. The minimum Gasteiger partial charge on any atom is -0.313 e. The highest BCUT2D eigenvalue weighted by Gasteiger charge is 2.29. The van der Waals surface area contributed by atoms with Crippen LogP contribution >= 0.6 is 0 Å². The van der Waals surface area contributed by atoms with E-state index in [4.69, 9.17) is 34.4 Å². The Hall–Kier alpha value is -0.240. The van der Waals surface area contributed by atoms with Crippen LogP contribution in [0.25, 0.3) is 0 Å². The van der Waals surface area contributed by atoms with Gasteiger partial charge in [-0.15, -0.1) is 0 Å². The molecule has 9 heavy (non-hydrogen) atoms. The van der Waals surface area contributed by atoms with Gasteiger partial charge in [-0.2, -0.15) is 0 Å². The predicted octanol–water partition coefficient (Wildman–Crippen LogP) is -3.91. The molecule has 0 aromatic rings. The van der Waals surface area contributed by atoms with Gasteiger partial charge in [-0.3, -0.25) is 0 Å². The van der Waals surface area contributed by atoms with E-state index in [1.807, 2.05) is 0 Å². The first kappa shape index (κ1) is 8.76. The molecule has 0 aromatic carbocycles. The van der Waals surface area contributed by atoms with Gasteiger partial charge < -0.3 is 34.4 Å². The highest BCUT2D eigenvalue weighted by atomic mass is 15.2. The average Bonchev–Trinajstić information content (AvgIpc) is 1.65. The number of hydrogen-bond donors (Lipinski definition) is 6. The van der Waals surface area contributed by atoms with Gasteiger partial charge in [0.1, 0.15) is 5.66 Å². The highest BCUT2D eigenvalue weighted by Crippen LogP contribution is 1.90. The van der Waals surface area contributed by atoms with E-state index in [1.165, 1.54) is 0 Å². The van der Waals surface area contributed by atoms with Gasteiger partial charge in [-0.05, 0) is 0 Å². The zero-order valence-electron chi connectivity index (χ0n) is 5.12. The standard InChI is InChI=1S/C3H14N6/c4-1(5)3(8,9)2(6)7/h1-2H,4-9H2. The van der Waals surface area contributed by atoms with E-state index in [2.05, 4.69) is 0 Å². The molecule has 56 valence electrons. The molecule has 0 fully saturated rings. The second-order valence-corrected chi connectivity index (χ2v) is 2.05. The number of hydrogen-bond acceptors (Lipinski definition) is 6. The van der Waals surface area contributed by atoms with Crippen LogP contribution in [0.1, 0.15) is 0 Å². The van der Waals surface area contributed by atoms with E-state index in [0.29, 0.717) is 0 Å². The average molecular weight is 134 g/mol. The van der Waals surface area contributed by atoms with Crippen molar-refractivity contribution in [1.82, 2.24) is 0 Å². The number of nitrogens with two attached hydrogens (primary N) is 6. The summed E-state index contributed by atoms with van der Waals surface area (Å²) in [4.78, 5) is 0. The summed E-state index contributed by atoms with van der Waals surface area (Å²) in [6.45, 7) is 0. The summed E-state index contributed by atoms with van der Waals surface area (Å²) >= 11 is 0. The van der Waals surface area contributed by atoms with Crippen LogP contribution in [0.15, 0.2) is 0 Å². The highest BCUT2D eigenvalue weighted by molar-refractivity contribution is 4.91. The van der Waals surface area contributed by atoms with E-state index in [1.54, 1.807) is 0 Å². The molecule has 0 amide bonds. The molecule has 0 saturated carbocycles. The summed E-state index contributed by atoms with van der Waals surface area (Å²) in [6.07, 6.45) is -1.81. The van der Waals surface area contributed by atoms with Gasteiger partial charge in [0.2, 0.25) is 0 Å². The molecule has 0 heterocycles. The van der Waals surface area contributed by atoms with Gasteiger partial charge in [0.15, 0.2) is 0 Å². The van der Waals surface area contributed by atoms with Crippen LogP contribution in [-0.4, -0.2) is 18.0 Å². The van der Waals surface area contributed by atoms with Crippen LogP contribution in [-0.2, 0) is 0 Å². The fourth-order valence-corrected chi connectivity index (χ4v) is 0.222. The third-order valence-electron chi connectivity index (χ3n) is 1.15. The molecule has 0 aliphatic rings. The smallest absolute Gasteiger partial charge is 0.121 e. The SMILES string of the molecule is NC(N)C(N)(N)C(N)N. The molecule has 0 unspecified atom stereocenters. The Morgan fingerprint density at radius 3 is 1.00 bits per heavy atom. The lowest BCUT2D eigenvalue weighted by Gasteiger charge is -2.31. The second-order valence-electron chi connectivity index (χ2n) is 2.05. The molecule has 12 N–H and O–H groups in total. The molecule has 0 radical (unpaired) electrons. The van der Waals surface area contributed by atoms with Crippen molar-refractivity contribution in [2.45, 2.75) is 18.0 Å². The lowest BCUT2D eigenvalue weighted by Crippen LogP contribution is -2.76. The van der Waals surface area contributed by atoms with Crippen molar-refractivity contribution >= 4 is 0 Å². The minimum absolute atomic E-state index is 0.905. The molecule has 0 saturated heterocycles. The van der Waals surface area contributed by atoms with Crippen LogP contribution < -0.4 is 34.4 Å². The van der Waals surface area contributed by atoms with E-state index in [-0.39, 0.29) is 0 Å². The molecule has 6 heteroatoms. The van der Waals surface area contributed by atoms with Crippen LogP contribution in [0.4, 0.5) is 0 Å². The Bertz CT molecular complexity index is 76.3. The Morgan fingerprint density at radius 2 is 1.00 bits per heavy atom. The molecule has 0 bridgehead atoms. The predicted molar refractivity (Wildman–Crippen MR) is 35.4 cm³/mol. The van der Waals surface area contributed by atoms with Crippen molar-refractivity contribution in [1.29, 1.82) is 0 Å². The van der Waals surface area contributed by atoms with Crippen molar-refractivity contribution in [3.63, 3.8) is 0 Å². The van der Waals surface area contributed by atoms with E-state index in [0.717, 1.165) is 0 Å². The van der Waals surface area contributed by atoms with Gasteiger partial charge >= 0.3 is 0 Å². The fourth-order valence-electron chi connectivity index (χ4n) is 0.222. The lowest BCUT2D eigenvalue weighted by molar-refractivity contribution is 0.300. The maximum Gasteiger partial charge on any atom is 0.121 e. The molecule has 6 nitrogen and oxygen atoms in total. The Morgan fingerprint density at radius 1 is 0.778 bits per heavy atom. The molecule has 0 spiro atoms. The zero-order valence-corrected chi connectivity index (χ0v) is 5.12. The van der Waals surface area contributed by atoms with E-state index >= 15 is 0 Å². The van der Waals surface area contributed by atoms with Gasteiger partial charge in [-0.1, -0.05) is 0 Å². The van der Waals surface area contributed by atoms with Crippen molar-refractivity contribution in [2.75, 3.05) is 0 Å². The summed E-state index contributed by atoms with van der Waals surface area (Å²) < 4.78 is 0. The summed E-state index contributed by atoms with van der Waals surface area (Å²) in [5, 5.41) is 0. The van der Waals surface area contributed by atoms with Gasteiger partial charge in [0, 0.05) is 0 Å². The maximum absolute atomic E-state index is 5.28. The van der Waals surface area contributed by atoms with Crippen molar-refractivity contribution in [2.24, 2.45) is 34.4 Å². The van der Waals surface area contributed by atoms with Crippen molar-refractivity contribution in [3.8, 4) is 0 Å². The molecule has 0 aliphatic heterocycles. The largest absolute Gasteiger partial charge is 0.313 e. The first-order valence-electron chi connectivity index (χ1n) is 2.49. The Kier molecular flexibility index (Phi) is 2.50. The summed E-state index contributed by atoms with van der Waals surface area (Å²) in [6, 6.07) is 0. The monoisotopic (exact) mass is 134 g/mol. The maximum atomic E-state index is 5.28. The van der Waals surface area contributed by atoms with Crippen molar-refractivity contribution < 1.29 is 0 Å². The van der Waals surface area contributed by atoms with Crippen LogP contribution in [0.3, 0.4) is 0 Å². The quantitative estimate of drug-likeness (QED) is 0.212. The lowest BCUT2D eigenvalue weighted by atomic mass is 10.1. The Labute approximate surface area is 53.5 Å². The van der Waals surface area contributed by atoms with Crippen LogP contribution in [0.2, 0.25) is 0 Å². The van der Waals surface area contributed by atoms with Crippen LogP contribution in [0, 0.1) is 0 Å². The van der Waals surface area contributed by atoms with Gasteiger partial charge in [0.05, 0.1) is 12.3 Å². The minimum atomic E-state index is -1.39. The molecule has 0 atom stereocenters. The number of rotatable bonds is 2.